The number of benzene rings is 2. The monoisotopic (exact) mass is 440 g/mol. The van der Waals surface area contributed by atoms with Crippen LogP contribution in [0.15, 0.2) is 42.5 Å². The minimum atomic E-state index is -1.09. The molecule has 0 aromatic heterocycles. The summed E-state index contributed by atoms with van der Waals surface area (Å²) in [6, 6.07) is 13.5. The molecule has 4 rings (SSSR count). The van der Waals surface area contributed by atoms with Crippen LogP contribution in [0, 0.1) is 5.92 Å². The molecule has 2 bridgehead atoms. The number of carbonyl (C=O) groups is 1. The SMILES string of the molecule is CCOC(=O)[C@@H]1[C@H]2NC(=S)N(c3ccc(CC)cc3)[C@]1(C)Oc1c(OCC)cccc12. The number of ether oxygens (including phenoxy) is 3. The molecular weight excluding hydrogens is 412 g/mol. The molecule has 0 saturated carbocycles. The molecule has 0 radical (unpaired) electrons. The van der Waals surface area contributed by atoms with E-state index in [0.717, 1.165) is 17.7 Å². The van der Waals surface area contributed by atoms with Gasteiger partial charge in [0.1, 0.15) is 5.92 Å². The molecule has 0 aliphatic carbocycles. The molecule has 2 aliphatic rings. The molecule has 2 aromatic rings. The van der Waals surface area contributed by atoms with Gasteiger partial charge >= 0.3 is 5.97 Å². The molecule has 164 valence electrons. The first kappa shape index (κ1) is 21.4. The molecule has 2 aliphatic heterocycles. The van der Waals surface area contributed by atoms with E-state index in [1.165, 1.54) is 5.56 Å². The van der Waals surface area contributed by atoms with Gasteiger partial charge in [0.25, 0.3) is 0 Å². The zero-order chi connectivity index (χ0) is 22.2. The summed E-state index contributed by atoms with van der Waals surface area (Å²) < 4.78 is 17.9. The second-order valence-electron chi connectivity index (χ2n) is 7.78. The van der Waals surface area contributed by atoms with Crippen molar-refractivity contribution in [2.45, 2.75) is 45.9 Å². The molecule has 6 nitrogen and oxygen atoms in total. The second kappa shape index (κ2) is 8.38. The molecule has 31 heavy (non-hydrogen) atoms. The number of hydrogen-bond acceptors (Lipinski definition) is 5. The zero-order valence-corrected chi connectivity index (χ0v) is 19.1. The molecule has 0 spiro atoms. The van der Waals surface area contributed by atoms with Gasteiger partial charge < -0.3 is 19.5 Å². The third-order valence-corrected chi connectivity index (χ3v) is 6.23. The van der Waals surface area contributed by atoms with E-state index >= 15 is 0 Å². The van der Waals surface area contributed by atoms with Crippen molar-refractivity contribution >= 4 is 29.0 Å². The average molecular weight is 441 g/mol. The van der Waals surface area contributed by atoms with Crippen LogP contribution in [0.3, 0.4) is 0 Å². The number of carbonyl (C=O) groups excluding carboxylic acids is 1. The molecule has 1 fully saturated rings. The van der Waals surface area contributed by atoms with Crippen molar-refractivity contribution in [1.82, 2.24) is 5.32 Å². The number of thiocarbonyl (C=S) groups is 1. The summed E-state index contributed by atoms with van der Waals surface area (Å²) in [5.41, 5.74) is 1.82. The Bertz CT molecular complexity index is 994. The highest BCUT2D eigenvalue weighted by atomic mass is 32.1. The summed E-state index contributed by atoms with van der Waals surface area (Å²) in [7, 11) is 0. The summed E-state index contributed by atoms with van der Waals surface area (Å²) in [4.78, 5) is 15.1. The Balaban J connectivity index is 1.88. The third-order valence-electron chi connectivity index (χ3n) is 5.93. The van der Waals surface area contributed by atoms with Crippen molar-refractivity contribution in [2.75, 3.05) is 18.1 Å². The van der Waals surface area contributed by atoms with E-state index in [1.54, 1.807) is 6.92 Å². The van der Waals surface area contributed by atoms with E-state index in [9.17, 15) is 4.79 Å². The van der Waals surface area contributed by atoms with Crippen LogP contribution < -0.4 is 19.7 Å². The number of para-hydroxylation sites is 1. The first-order valence-corrected chi connectivity index (χ1v) is 11.2. The number of nitrogens with zero attached hydrogens (tertiary/aromatic N) is 1. The molecule has 2 aromatic carbocycles. The number of fused-ring (bicyclic) bond motifs is 4. The number of anilines is 1. The normalized spacial score (nSPS) is 24.0. The highest BCUT2D eigenvalue weighted by Crippen LogP contribution is 2.52. The maximum absolute atomic E-state index is 13.2. The van der Waals surface area contributed by atoms with Crippen LogP contribution in [-0.2, 0) is 16.0 Å². The Hall–Kier alpha value is -2.80. The number of aryl methyl sites for hydroxylation is 1. The van der Waals surface area contributed by atoms with Crippen molar-refractivity contribution in [2.24, 2.45) is 5.92 Å². The largest absolute Gasteiger partial charge is 0.490 e. The van der Waals surface area contributed by atoms with Crippen LogP contribution in [0.5, 0.6) is 11.5 Å². The maximum Gasteiger partial charge on any atom is 0.317 e. The fraction of sp³-hybridized carbons (Fsp3) is 0.417. The van der Waals surface area contributed by atoms with E-state index in [4.69, 9.17) is 26.4 Å². The van der Waals surface area contributed by atoms with Gasteiger partial charge in [0, 0.05) is 11.3 Å². The van der Waals surface area contributed by atoms with Gasteiger partial charge in [-0.3, -0.25) is 9.69 Å². The van der Waals surface area contributed by atoms with Crippen LogP contribution >= 0.6 is 12.2 Å². The topological polar surface area (TPSA) is 60.0 Å². The van der Waals surface area contributed by atoms with E-state index in [2.05, 4.69) is 24.4 Å². The predicted molar refractivity (Wildman–Crippen MR) is 124 cm³/mol. The Morgan fingerprint density at radius 2 is 1.90 bits per heavy atom. The molecule has 1 N–H and O–H groups in total. The predicted octanol–water partition coefficient (Wildman–Crippen LogP) is 4.37. The number of nitrogens with one attached hydrogen (secondary N) is 1. The Morgan fingerprint density at radius 3 is 2.55 bits per heavy atom. The number of rotatable bonds is 6. The molecule has 0 amide bonds. The van der Waals surface area contributed by atoms with Gasteiger partial charge in [-0.05, 0) is 63.2 Å². The molecule has 2 heterocycles. The minimum absolute atomic E-state index is 0.291. The average Bonchev–Trinajstić information content (AvgIpc) is 2.74. The lowest BCUT2D eigenvalue weighted by Crippen LogP contribution is -2.71. The van der Waals surface area contributed by atoms with Crippen molar-refractivity contribution in [3.05, 3.63) is 53.6 Å². The van der Waals surface area contributed by atoms with Gasteiger partial charge in [-0.2, -0.15) is 0 Å². The lowest BCUT2D eigenvalue weighted by Gasteiger charge is -2.55. The lowest BCUT2D eigenvalue weighted by molar-refractivity contribution is -0.159. The fourth-order valence-electron chi connectivity index (χ4n) is 4.50. The van der Waals surface area contributed by atoms with Gasteiger partial charge in [-0.25, -0.2) is 0 Å². The van der Waals surface area contributed by atoms with Crippen LogP contribution in [0.4, 0.5) is 5.69 Å². The van der Waals surface area contributed by atoms with Crippen molar-refractivity contribution in [3.8, 4) is 11.5 Å². The van der Waals surface area contributed by atoms with Gasteiger partial charge in [0.15, 0.2) is 16.6 Å². The molecule has 7 heteroatoms. The molecule has 3 atom stereocenters. The first-order valence-electron chi connectivity index (χ1n) is 10.8. The van der Waals surface area contributed by atoms with Crippen LogP contribution in [0.1, 0.15) is 44.9 Å². The molecule has 0 unspecified atom stereocenters. The van der Waals surface area contributed by atoms with E-state index < -0.39 is 11.6 Å². The molecular formula is C24H28N2O4S. The zero-order valence-electron chi connectivity index (χ0n) is 18.3. The van der Waals surface area contributed by atoms with Crippen molar-refractivity contribution < 1.29 is 19.0 Å². The van der Waals surface area contributed by atoms with E-state index in [0.29, 0.717) is 29.8 Å². The summed E-state index contributed by atoms with van der Waals surface area (Å²) in [5, 5.41) is 3.89. The Labute approximate surface area is 188 Å². The van der Waals surface area contributed by atoms with E-state index in [1.807, 2.05) is 49.1 Å². The smallest absolute Gasteiger partial charge is 0.317 e. The van der Waals surface area contributed by atoms with Gasteiger partial charge in [-0.1, -0.05) is 31.2 Å². The summed E-state index contributed by atoms with van der Waals surface area (Å²) in [6.45, 7) is 8.55. The maximum atomic E-state index is 13.2. The first-order chi connectivity index (χ1) is 14.9. The second-order valence-corrected chi connectivity index (χ2v) is 8.16. The highest BCUT2D eigenvalue weighted by Gasteiger charge is 2.60. The Morgan fingerprint density at radius 1 is 1.16 bits per heavy atom. The van der Waals surface area contributed by atoms with Gasteiger partial charge in [0.2, 0.25) is 5.72 Å². The minimum Gasteiger partial charge on any atom is -0.490 e. The van der Waals surface area contributed by atoms with Gasteiger partial charge in [0.05, 0.1) is 19.3 Å². The third kappa shape index (κ3) is 3.51. The number of hydrogen-bond donors (Lipinski definition) is 1. The summed E-state index contributed by atoms with van der Waals surface area (Å²) in [5.74, 6) is 0.319. The lowest BCUT2D eigenvalue weighted by atomic mass is 9.79. The van der Waals surface area contributed by atoms with Crippen molar-refractivity contribution in [1.29, 1.82) is 0 Å². The van der Waals surface area contributed by atoms with Crippen molar-refractivity contribution in [3.63, 3.8) is 0 Å². The van der Waals surface area contributed by atoms with Crippen LogP contribution in [0.2, 0.25) is 0 Å². The standard InChI is InChI=1S/C24H28N2O4S/c1-5-15-11-13-16(14-12-15)26-23(31)25-20-17-9-8-10-18(28-6-2)21(17)30-24(26,4)19(20)22(27)29-7-3/h8-14,19-20H,5-7H2,1-4H3,(H,25,31)/t19-,20-,24+/m0/s1. The van der Waals surface area contributed by atoms with E-state index in [-0.39, 0.29) is 12.0 Å². The van der Waals surface area contributed by atoms with Crippen LogP contribution in [0.25, 0.3) is 0 Å². The number of esters is 1. The fourth-order valence-corrected chi connectivity index (χ4v) is 4.91. The highest BCUT2D eigenvalue weighted by molar-refractivity contribution is 7.80. The quantitative estimate of drug-likeness (QED) is 0.529. The Kier molecular flexibility index (Phi) is 5.79. The molecule has 1 saturated heterocycles. The summed E-state index contributed by atoms with van der Waals surface area (Å²) in [6.07, 6.45) is 0.940. The van der Waals surface area contributed by atoms with Gasteiger partial charge in [-0.15, -0.1) is 0 Å². The summed E-state index contributed by atoms with van der Waals surface area (Å²) >= 11 is 5.77. The van der Waals surface area contributed by atoms with Crippen LogP contribution in [-0.4, -0.2) is 30.0 Å².